The monoisotopic (exact) mass is 518 g/mol. The van der Waals surface area contributed by atoms with Crippen LogP contribution in [0.4, 0.5) is 0 Å². The van der Waals surface area contributed by atoms with Crippen molar-refractivity contribution in [3.63, 3.8) is 0 Å². The van der Waals surface area contributed by atoms with Gasteiger partial charge < -0.3 is 10.5 Å². The summed E-state index contributed by atoms with van der Waals surface area (Å²) < 4.78 is 7.00. The fourth-order valence-electron chi connectivity index (χ4n) is 4.85. The van der Waals surface area contributed by atoms with Crippen molar-refractivity contribution in [2.24, 2.45) is 17.1 Å². The van der Waals surface area contributed by atoms with E-state index in [2.05, 4.69) is 34.1 Å². The predicted molar refractivity (Wildman–Crippen MR) is 129 cm³/mol. The van der Waals surface area contributed by atoms with Crippen molar-refractivity contribution in [3.05, 3.63) is 86.0 Å². The highest BCUT2D eigenvalue weighted by molar-refractivity contribution is 9.10. The van der Waals surface area contributed by atoms with Crippen LogP contribution in [-0.4, -0.2) is 0 Å². The number of allylic oxidation sites excluding steroid dienone is 4. The van der Waals surface area contributed by atoms with Gasteiger partial charge in [0.25, 0.3) is 0 Å². The predicted octanol–water partition coefficient (Wildman–Crippen LogP) is 6.28. The molecule has 5 nitrogen and oxygen atoms in total. The summed E-state index contributed by atoms with van der Waals surface area (Å²) in [5, 5.41) is 31.0. The van der Waals surface area contributed by atoms with Gasteiger partial charge >= 0.3 is 0 Å². The Bertz CT molecular complexity index is 1260. The Morgan fingerprint density at radius 2 is 1.85 bits per heavy atom. The molecule has 0 spiro atoms. The number of halogens is 2. The summed E-state index contributed by atoms with van der Waals surface area (Å²) in [6, 6.07) is 19.5. The molecule has 0 heterocycles. The van der Waals surface area contributed by atoms with E-state index < -0.39 is 11.3 Å². The van der Waals surface area contributed by atoms with E-state index >= 15 is 0 Å². The van der Waals surface area contributed by atoms with Crippen LogP contribution >= 0.6 is 27.5 Å². The Kier molecular flexibility index (Phi) is 6.48. The molecule has 0 aromatic heterocycles. The van der Waals surface area contributed by atoms with Gasteiger partial charge in [0.15, 0.2) is 5.41 Å². The number of nitriles is 3. The number of benzene rings is 2. The van der Waals surface area contributed by atoms with Crippen molar-refractivity contribution in [2.45, 2.75) is 31.8 Å². The van der Waals surface area contributed by atoms with Gasteiger partial charge in [-0.1, -0.05) is 45.7 Å². The molecule has 2 aliphatic rings. The van der Waals surface area contributed by atoms with Crippen molar-refractivity contribution >= 4 is 27.5 Å². The minimum absolute atomic E-state index is 0.0213. The maximum absolute atomic E-state index is 10.3. The molecule has 0 radical (unpaired) electrons. The molecule has 0 bridgehead atoms. The van der Waals surface area contributed by atoms with Gasteiger partial charge in [-0.25, -0.2) is 0 Å². The standard InChI is InChI=1S/C26H20BrClN4O/c27-17-7-10-23(33-13-16-5-8-18(28)9-6-16)21(11-17)24-20-4-2-1-3-19(20)22(12-29)25(32)26(24,14-30)15-31/h3,5-11,20,24H,1-2,4,13,32H2. The molecule has 0 saturated heterocycles. The molecule has 2 unspecified atom stereocenters. The summed E-state index contributed by atoms with van der Waals surface area (Å²) in [6.07, 6.45) is 4.52. The lowest BCUT2D eigenvalue weighted by atomic mass is 9.56. The van der Waals surface area contributed by atoms with Gasteiger partial charge in [0.1, 0.15) is 18.4 Å². The normalized spacial score (nSPS) is 21.1. The Labute approximate surface area is 206 Å². The van der Waals surface area contributed by atoms with Crippen LogP contribution < -0.4 is 10.5 Å². The number of fused-ring (bicyclic) bond motifs is 1. The molecule has 0 fully saturated rings. The summed E-state index contributed by atoms with van der Waals surface area (Å²) in [4.78, 5) is 0. The highest BCUT2D eigenvalue weighted by atomic mass is 79.9. The summed E-state index contributed by atoms with van der Waals surface area (Å²) in [7, 11) is 0. The minimum Gasteiger partial charge on any atom is -0.489 e. The summed E-state index contributed by atoms with van der Waals surface area (Å²) >= 11 is 9.52. The number of hydrogen-bond acceptors (Lipinski definition) is 5. The first kappa shape index (κ1) is 22.9. The molecule has 4 rings (SSSR count). The second kappa shape index (κ2) is 9.32. The lowest BCUT2D eigenvalue weighted by molar-refractivity contribution is 0.276. The van der Waals surface area contributed by atoms with E-state index in [0.29, 0.717) is 17.4 Å². The van der Waals surface area contributed by atoms with E-state index in [4.69, 9.17) is 22.1 Å². The fourth-order valence-corrected chi connectivity index (χ4v) is 5.36. The number of ether oxygens (including phenoxy) is 1. The highest BCUT2D eigenvalue weighted by Gasteiger charge is 2.54. The van der Waals surface area contributed by atoms with Crippen LogP contribution in [-0.2, 0) is 6.61 Å². The topological polar surface area (TPSA) is 107 Å². The summed E-state index contributed by atoms with van der Waals surface area (Å²) in [5.41, 5.74) is 7.49. The molecule has 0 aliphatic heterocycles. The van der Waals surface area contributed by atoms with Gasteiger partial charge in [-0.2, -0.15) is 15.8 Å². The molecule has 2 aromatic rings. The van der Waals surface area contributed by atoms with Crippen molar-refractivity contribution in [1.29, 1.82) is 15.8 Å². The first-order valence-corrected chi connectivity index (χ1v) is 11.7. The van der Waals surface area contributed by atoms with E-state index in [0.717, 1.165) is 40.4 Å². The lowest BCUT2D eigenvalue weighted by Crippen LogP contribution is -2.42. The van der Waals surface area contributed by atoms with Crippen molar-refractivity contribution in [3.8, 4) is 24.0 Å². The Morgan fingerprint density at radius 1 is 1.12 bits per heavy atom. The Hall–Kier alpha value is -3.24. The molecule has 33 heavy (non-hydrogen) atoms. The molecule has 2 aromatic carbocycles. The van der Waals surface area contributed by atoms with Gasteiger partial charge in [-0.05, 0) is 66.6 Å². The lowest BCUT2D eigenvalue weighted by Gasteiger charge is -2.43. The van der Waals surface area contributed by atoms with Crippen LogP contribution in [0.1, 0.15) is 36.3 Å². The van der Waals surface area contributed by atoms with Gasteiger partial charge in [-0.3, -0.25) is 0 Å². The Morgan fingerprint density at radius 3 is 2.52 bits per heavy atom. The largest absolute Gasteiger partial charge is 0.489 e. The van der Waals surface area contributed by atoms with Crippen molar-refractivity contribution in [1.82, 2.24) is 0 Å². The highest BCUT2D eigenvalue weighted by Crippen LogP contribution is 2.57. The van der Waals surface area contributed by atoms with Crippen LogP contribution in [0.15, 0.2) is 69.9 Å². The summed E-state index contributed by atoms with van der Waals surface area (Å²) in [6.45, 7) is 0.298. The second-order valence-electron chi connectivity index (χ2n) is 8.20. The first-order chi connectivity index (χ1) is 15.9. The Balaban J connectivity index is 1.86. The quantitative estimate of drug-likeness (QED) is 0.512. The zero-order valence-electron chi connectivity index (χ0n) is 17.7. The third-order valence-electron chi connectivity index (χ3n) is 6.41. The van der Waals surface area contributed by atoms with Gasteiger partial charge in [0, 0.05) is 21.0 Å². The maximum atomic E-state index is 10.3. The molecule has 2 N–H and O–H groups in total. The van der Waals surface area contributed by atoms with E-state index in [9.17, 15) is 15.8 Å². The average molecular weight is 520 g/mol. The molecule has 2 aliphatic carbocycles. The van der Waals surface area contributed by atoms with E-state index in [1.54, 1.807) is 12.1 Å². The molecule has 0 amide bonds. The molecular weight excluding hydrogens is 500 g/mol. The van der Waals surface area contributed by atoms with Crippen LogP contribution in [0.2, 0.25) is 5.02 Å². The zero-order valence-corrected chi connectivity index (χ0v) is 20.0. The van der Waals surface area contributed by atoms with Crippen LogP contribution in [0.25, 0.3) is 0 Å². The molecule has 164 valence electrons. The van der Waals surface area contributed by atoms with Crippen LogP contribution in [0, 0.1) is 45.3 Å². The van der Waals surface area contributed by atoms with E-state index in [1.807, 2.05) is 36.4 Å². The van der Waals surface area contributed by atoms with Gasteiger partial charge in [0.2, 0.25) is 0 Å². The van der Waals surface area contributed by atoms with Crippen LogP contribution in [0.3, 0.4) is 0 Å². The summed E-state index contributed by atoms with van der Waals surface area (Å²) in [5.74, 6) is -0.188. The smallest absolute Gasteiger partial charge is 0.191 e. The second-order valence-corrected chi connectivity index (χ2v) is 9.56. The zero-order chi connectivity index (χ0) is 23.6. The third-order valence-corrected chi connectivity index (χ3v) is 7.16. The van der Waals surface area contributed by atoms with Gasteiger partial charge in [0.05, 0.1) is 23.4 Å². The number of hydrogen-bond donors (Lipinski definition) is 1. The van der Waals surface area contributed by atoms with E-state index in [-0.39, 0.29) is 17.2 Å². The molecule has 2 atom stereocenters. The molecular formula is C26H20BrClN4O. The fraction of sp³-hybridized carbons (Fsp3) is 0.269. The third kappa shape index (κ3) is 4.00. The number of rotatable bonds is 4. The minimum atomic E-state index is -1.68. The van der Waals surface area contributed by atoms with E-state index in [1.165, 1.54) is 0 Å². The maximum Gasteiger partial charge on any atom is 0.191 e. The number of nitrogens with zero attached hydrogens (tertiary/aromatic N) is 3. The SMILES string of the molecule is N#CC1=C(N)C(C#N)(C#N)C(c2cc(Br)ccc2OCc2ccc(Cl)cc2)C2CCCC=C12. The average Bonchev–Trinajstić information content (AvgIpc) is 2.83. The molecule has 0 saturated carbocycles. The molecule has 7 heteroatoms. The van der Waals surface area contributed by atoms with Crippen molar-refractivity contribution < 1.29 is 4.74 Å². The first-order valence-electron chi connectivity index (χ1n) is 10.5. The number of nitrogens with two attached hydrogens (primary N) is 1. The van der Waals surface area contributed by atoms with Crippen molar-refractivity contribution in [2.75, 3.05) is 0 Å². The van der Waals surface area contributed by atoms with Gasteiger partial charge in [-0.15, -0.1) is 0 Å². The van der Waals surface area contributed by atoms with Crippen LogP contribution in [0.5, 0.6) is 5.75 Å².